The molecule has 2 aliphatic heterocycles. The molecule has 246 valence electrons. The van der Waals surface area contributed by atoms with E-state index in [1.165, 1.54) is 39.5 Å². The fraction of sp³-hybridized carbons (Fsp3) is 0.361. The maximum Gasteiger partial charge on any atom is 0.342 e. The molecule has 0 unspecified atom stereocenters. The normalized spacial score (nSPS) is 18.6. The molecular weight excluding hydrogens is 608 g/mol. The average molecular weight is 645 g/mol. The first-order valence-corrected chi connectivity index (χ1v) is 15.4. The fourth-order valence-corrected chi connectivity index (χ4v) is 5.89. The van der Waals surface area contributed by atoms with Crippen LogP contribution in [0, 0.1) is 0 Å². The SMILES string of the molecule is COC(=O)c1cc(C(=O)OC)cc(-c2ccc([C@H]3CC(=O)Oc4cc5c(c(OC)c43)C(=O)O[C@@H](C)CCCC(=O)CCCC=C5)o2)c1. The Hall–Kier alpha value is -5.19. The molecule has 0 fully saturated rings. The molecule has 11 heteroatoms. The molecule has 0 saturated heterocycles. The topological polar surface area (TPSA) is 145 Å². The number of carbonyl (C=O) groups is 5. The molecule has 0 bridgehead atoms. The van der Waals surface area contributed by atoms with Crippen LogP contribution < -0.4 is 9.47 Å². The Kier molecular flexibility index (Phi) is 10.2. The number of methoxy groups -OCH3 is 3. The highest BCUT2D eigenvalue weighted by molar-refractivity contribution is 5.99. The highest BCUT2D eigenvalue weighted by Gasteiger charge is 2.37. The minimum absolute atomic E-state index is 0.111. The van der Waals surface area contributed by atoms with Gasteiger partial charge in [0, 0.05) is 24.0 Å². The van der Waals surface area contributed by atoms with Crippen LogP contribution in [0.15, 0.2) is 46.9 Å². The summed E-state index contributed by atoms with van der Waals surface area (Å²) < 4.78 is 33.3. The van der Waals surface area contributed by atoms with Gasteiger partial charge in [0.05, 0.1) is 50.9 Å². The second-order valence-corrected chi connectivity index (χ2v) is 11.4. The van der Waals surface area contributed by atoms with E-state index in [0.29, 0.717) is 66.7 Å². The Morgan fingerprint density at radius 2 is 1.60 bits per heavy atom. The van der Waals surface area contributed by atoms with E-state index in [2.05, 4.69) is 0 Å². The molecule has 0 N–H and O–H groups in total. The number of furan rings is 1. The molecule has 11 nitrogen and oxygen atoms in total. The van der Waals surface area contributed by atoms with E-state index in [9.17, 15) is 24.0 Å². The first-order chi connectivity index (χ1) is 22.6. The van der Waals surface area contributed by atoms with Gasteiger partial charge in [-0.2, -0.15) is 0 Å². The van der Waals surface area contributed by atoms with E-state index in [-0.39, 0.29) is 40.4 Å². The van der Waals surface area contributed by atoms with Crippen molar-refractivity contribution in [1.29, 1.82) is 0 Å². The maximum absolute atomic E-state index is 13.7. The Morgan fingerprint density at radius 1 is 0.894 bits per heavy atom. The predicted molar refractivity (Wildman–Crippen MR) is 169 cm³/mol. The predicted octanol–water partition coefficient (Wildman–Crippen LogP) is 6.45. The van der Waals surface area contributed by atoms with Gasteiger partial charge in [0.2, 0.25) is 0 Å². The van der Waals surface area contributed by atoms with Crippen molar-refractivity contribution in [2.45, 2.75) is 63.9 Å². The van der Waals surface area contributed by atoms with Crippen LogP contribution in [-0.2, 0) is 23.8 Å². The van der Waals surface area contributed by atoms with Gasteiger partial charge in [0.15, 0.2) is 0 Å². The second kappa shape index (κ2) is 14.5. The quantitative estimate of drug-likeness (QED) is 0.172. The summed E-state index contributed by atoms with van der Waals surface area (Å²) in [4.78, 5) is 63.6. The lowest BCUT2D eigenvalue weighted by atomic mass is 9.86. The van der Waals surface area contributed by atoms with Crippen LogP contribution in [0.5, 0.6) is 11.5 Å². The van der Waals surface area contributed by atoms with Crippen LogP contribution >= 0.6 is 0 Å². The van der Waals surface area contributed by atoms with E-state index in [1.54, 1.807) is 31.2 Å². The van der Waals surface area contributed by atoms with Crippen LogP contribution in [0.1, 0.15) is 106 Å². The third-order valence-corrected chi connectivity index (χ3v) is 8.19. The summed E-state index contributed by atoms with van der Waals surface area (Å²) in [5.74, 6) is -1.87. The zero-order valence-electron chi connectivity index (χ0n) is 26.7. The number of esters is 4. The van der Waals surface area contributed by atoms with E-state index < -0.39 is 35.9 Å². The van der Waals surface area contributed by atoms with Gasteiger partial charge in [-0.3, -0.25) is 9.59 Å². The molecule has 0 saturated carbocycles. The van der Waals surface area contributed by atoms with Gasteiger partial charge in [0.1, 0.15) is 34.4 Å². The van der Waals surface area contributed by atoms with Crippen molar-refractivity contribution in [2.24, 2.45) is 0 Å². The maximum atomic E-state index is 13.7. The van der Waals surface area contributed by atoms with E-state index in [1.807, 2.05) is 6.08 Å². The van der Waals surface area contributed by atoms with Crippen LogP contribution in [0.4, 0.5) is 0 Å². The first kappa shape index (κ1) is 33.2. The molecule has 1 aromatic heterocycles. The summed E-state index contributed by atoms with van der Waals surface area (Å²) in [6, 6.07) is 9.35. The fourth-order valence-electron chi connectivity index (χ4n) is 5.89. The van der Waals surface area contributed by atoms with Crippen molar-refractivity contribution in [2.75, 3.05) is 21.3 Å². The molecule has 2 aliphatic rings. The molecule has 0 radical (unpaired) electrons. The molecule has 47 heavy (non-hydrogen) atoms. The molecule has 5 rings (SSSR count). The number of hydrogen-bond acceptors (Lipinski definition) is 11. The van der Waals surface area contributed by atoms with E-state index in [4.69, 9.17) is 28.1 Å². The number of cyclic esters (lactones) is 1. The Labute approximate surface area is 271 Å². The highest BCUT2D eigenvalue weighted by atomic mass is 16.6. The number of allylic oxidation sites excluding steroid dienone is 1. The van der Waals surface area contributed by atoms with Crippen molar-refractivity contribution in [3.8, 4) is 22.8 Å². The van der Waals surface area contributed by atoms with Gasteiger partial charge in [-0.25, -0.2) is 14.4 Å². The summed E-state index contributed by atoms with van der Waals surface area (Å²) in [5, 5.41) is 0. The number of Topliss-reactive ketones (excluding diaryl/α,β-unsaturated/α-hetero) is 1. The van der Waals surface area contributed by atoms with Gasteiger partial charge < -0.3 is 28.1 Å². The Morgan fingerprint density at radius 3 is 2.28 bits per heavy atom. The van der Waals surface area contributed by atoms with Crippen LogP contribution in [0.3, 0.4) is 0 Å². The molecule has 0 spiro atoms. The monoisotopic (exact) mass is 644 g/mol. The number of rotatable bonds is 5. The largest absolute Gasteiger partial charge is 0.495 e. The van der Waals surface area contributed by atoms with E-state index >= 15 is 0 Å². The van der Waals surface area contributed by atoms with Crippen molar-refractivity contribution in [3.63, 3.8) is 0 Å². The van der Waals surface area contributed by atoms with Crippen molar-refractivity contribution in [3.05, 3.63) is 76.1 Å². The van der Waals surface area contributed by atoms with Gasteiger partial charge >= 0.3 is 23.9 Å². The number of ether oxygens (including phenoxy) is 5. The molecule has 2 atom stereocenters. The molecular formula is C36H36O11. The second-order valence-electron chi connectivity index (χ2n) is 11.4. The lowest BCUT2D eigenvalue weighted by molar-refractivity contribution is -0.135. The minimum Gasteiger partial charge on any atom is -0.495 e. The number of benzene rings is 2. The average Bonchev–Trinajstić information content (AvgIpc) is 3.56. The van der Waals surface area contributed by atoms with Crippen LogP contribution in [0.25, 0.3) is 17.4 Å². The van der Waals surface area contributed by atoms with Crippen molar-refractivity contribution < 1.29 is 52.1 Å². The summed E-state index contributed by atoms with van der Waals surface area (Å²) in [7, 11) is 3.90. The van der Waals surface area contributed by atoms with Gasteiger partial charge in [-0.1, -0.05) is 12.2 Å². The Bertz CT molecular complexity index is 1710. The van der Waals surface area contributed by atoms with Crippen LogP contribution in [0.2, 0.25) is 0 Å². The van der Waals surface area contributed by atoms with Crippen molar-refractivity contribution >= 4 is 35.7 Å². The Balaban J connectivity index is 1.60. The zero-order chi connectivity index (χ0) is 33.7. The third kappa shape index (κ3) is 7.29. The highest BCUT2D eigenvalue weighted by Crippen LogP contribution is 2.48. The lowest BCUT2D eigenvalue weighted by Gasteiger charge is -2.27. The molecule has 0 aliphatic carbocycles. The van der Waals surface area contributed by atoms with Gasteiger partial charge in [-0.05, 0) is 74.6 Å². The molecule has 3 heterocycles. The number of carbonyl (C=O) groups excluding carboxylic acids is 5. The van der Waals surface area contributed by atoms with Gasteiger partial charge in [-0.15, -0.1) is 0 Å². The lowest BCUT2D eigenvalue weighted by Crippen LogP contribution is -2.24. The minimum atomic E-state index is -0.711. The standard InChI is InChI=1S/C36H36O11/c1-20-9-8-12-25(37)11-7-5-6-10-21-18-29-32(33(42-2)31(21)36(41)45-20)26(19-30(38)47-29)28-14-13-27(46-28)22-15-23(34(39)43-3)17-24(16-22)35(40)44-4/h6,10,13-18,20,26H,5,7-9,11-12,19H2,1-4H3/t20-,26+/m0/s1. The van der Waals surface area contributed by atoms with E-state index in [0.717, 1.165) is 0 Å². The molecule has 2 aromatic carbocycles. The third-order valence-electron chi connectivity index (χ3n) is 8.19. The molecule has 3 aromatic rings. The summed E-state index contributed by atoms with van der Waals surface area (Å²) >= 11 is 0. The van der Waals surface area contributed by atoms with Crippen LogP contribution in [-0.4, -0.2) is 57.1 Å². The number of hydrogen-bond donors (Lipinski definition) is 0. The smallest absolute Gasteiger partial charge is 0.342 e. The number of ketones is 1. The van der Waals surface area contributed by atoms with Crippen molar-refractivity contribution in [1.82, 2.24) is 0 Å². The van der Waals surface area contributed by atoms with Gasteiger partial charge in [0.25, 0.3) is 0 Å². The summed E-state index contributed by atoms with van der Waals surface area (Å²) in [5.41, 5.74) is 1.71. The summed E-state index contributed by atoms with van der Waals surface area (Å²) in [6.45, 7) is 1.78. The summed E-state index contributed by atoms with van der Waals surface area (Å²) in [6.07, 6.45) is 6.39. The number of fused-ring (bicyclic) bond motifs is 2. The molecule has 0 amide bonds. The zero-order valence-corrected chi connectivity index (χ0v) is 26.7. The first-order valence-electron chi connectivity index (χ1n) is 15.4.